The first-order valence-corrected chi connectivity index (χ1v) is 8.78. The van der Waals surface area contributed by atoms with Gasteiger partial charge in [-0.15, -0.1) is 0 Å². The minimum atomic E-state index is -3.47. The van der Waals surface area contributed by atoms with Gasteiger partial charge in [0.2, 0.25) is 10.0 Å². The van der Waals surface area contributed by atoms with Crippen molar-refractivity contribution in [3.63, 3.8) is 0 Å². The van der Waals surface area contributed by atoms with E-state index in [-0.39, 0.29) is 16.2 Å². The summed E-state index contributed by atoms with van der Waals surface area (Å²) in [6, 6.07) is 6.64. The lowest BCUT2D eigenvalue weighted by molar-refractivity contribution is 0.263. The maximum absolute atomic E-state index is 12.2. The predicted molar refractivity (Wildman–Crippen MR) is 90.7 cm³/mol. The molecule has 6 heteroatoms. The zero-order chi connectivity index (χ0) is 16.3. The Morgan fingerprint density at radius 2 is 1.81 bits per heavy atom. The molecule has 0 bridgehead atoms. The van der Waals surface area contributed by atoms with Crippen LogP contribution in [-0.2, 0) is 16.4 Å². The van der Waals surface area contributed by atoms with Crippen molar-refractivity contribution in [2.45, 2.75) is 39.0 Å². The zero-order valence-corrected chi connectivity index (χ0v) is 14.6. The molecule has 0 aliphatic rings. The van der Waals surface area contributed by atoms with Crippen molar-refractivity contribution in [3.05, 3.63) is 29.8 Å². The first-order chi connectivity index (χ1) is 9.52. The zero-order valence-electron chi connectivity index (χ0n) is 13.0. The van der Waals surface area contributed by atoms with Crippen LogP contribution in [0.2, 0.25) is 0 Å². The van der Waals surface area contributed by atoms with Gasteiger partial charge in [-0.1, -0.05) is 52.0 Å². The Bertz CT molecular complexity index is 587. The Balaban J connectivity index is 2.77. The molecule has 0 aliphatic heterocycles. The lowest BCUT2D eigenvalue weighted by atomic mass is 9.82. The molecule has 0 saturated heterocycles. The molecule has 0 saturated carbocycles. The summed E-state index contributed by atoms with van der Waals surface area (Å²) in [6.07, 6.45) is 0.476. The number of hydrogen-bond donors (Lipinski definition) is 2. The summed E-state index contributed by atoms with van der Waals surface area (Å²) in [5.74, 6) is 0.237. The number of nitrogens with two attached hydrogens (primary N) is 1. The smallest absolute Gasteiger partial charge is 0.240 e. The average molecular weight is 329 g/mol. The van der Waals surface area contributed by atoms with E-state index in [1.54, 1.807) is 24.3 Å². The number of benzene rings is 1. The van der Waals surface area contributed by atoms with Crippen LogP contribution in [-0.4, -0.2) is 20.0 Å². The molecule has 118 valence electrons. The van der Waals surface area contributed by atoms with Crippen LogP contribution >= 0.6 is 12.2 Å². The van der Waals surface area contributed by atoms with Crippen LogP contribution in [0.15, 0.2) is 29.2 Å². The topological polar surface area (TPSA) is 72.2 Å². The standard InChI is InChI=1S/C15H24N2O2S2/c1-11(15(2,3)4)10-17-21(18,19)13-7-5-12(6-8-13)9-14(16)20/h5-8,11,17H,9-10H2,1-4H3,(H2,16,20). The fraction of sp³-hybridized carbons (Fsp3) is 0.533. The predicted octanol–water partition coefficient (Wildman–Crippen LogP) is 2.48. The minimum Gasteiger partial charge on any atom is -0.393 e. The highest BCUT2D eigenvalue weighted by Gasteiger charge is 2.22. The third-order valence-corrected chi connectivity index (χ3v) is 5.25. The quantitative estimate of drug-likeness (QED) is 0.787. The van der Waals surface area contributed by atoms with Gasteiger partial charge in [0.15, 0.2) is 0 Å². The van der Waals surface area contributed by atoms with E-state index in [4.69, 9.17) is 18.0 Å². The first kappa shape index (κ1) is 18.1. The first-order valence-electron chi connectivity index (χ1n) is 6.89. The van der Waals surface area contributed by atoms with E-state index in [2.05, 4.69) is 25.5 Å². The maximum atomic E-state index is 12.2. The van der Waals surface area contributed by atoms with E-state index in [0.29, 0.717) is 18.0 Å². The SMILES string of the molecule is CC(CNS(=O)(=O)c1ccc(CC(N)=S)cc1)C(C)(C)C. The van der Waals surface area contributed by atoms with Crippen LogP contribution in [0.25, 0.3) is 0 Å². The van der Waals surface area contributed by atoms with Gasteiger partial charge in [-0.2, -0.15) is 0 Å². The van der Waals surface area contributed by atoms with Crippen molar-refractivity contribution in [1.29, 1.82) is 0 Å². The van der Waals surface area contributed by atoms with Gasteiger partial charge in [0.25, 0.3) is 0 Å². The summed E-state index contributed by atoms with van der Waals surface area (Å²) in [4.78, 5) is 0.651. The molecule has 1 atom stereocenters. The Hall–Kier alpha value is -0.980. The van der Waals surface area contributed by atoms with E-state index in [1.807, 2.05) is 6.92 Å². The van der Waals surface area contributed by atoms with E-state index >= 15 is 0 Å². The summed E-state index contributed by atoms with van der Waals surface area (Å²) in [5, 5.41) is 0. The van der Waals surface area contributed by atoms with Gasteiger partial charge in [0.05, 0.1) is 9.88 Å². The van der Waals surface area contributed by atoms with Crippen molar-refractivity contribution < 1.29 is 8.42 Å². The highest BCUT2D eigenvalue weighted by Crippen LogP contribution is 2.24. The van der Waals surface area contributed by atoms with Crippen LogP contribution in [0.5, 0.6) is 0 Å². The molecule has 0 amide bonds. The normalized spacial score (nSPS) is 13.9. The van der Waals surface area contributed by atoms with Crippen LogP contribution in [0, 0.1) is 11.3 Å². The monoisotopic (exact) mass is 328 g/mol. The molecule has 21 heavy (non-hydrogen) atoms. The molecular weight excluding hydrogens is 304 g/mol. The molecule has 0 fully saturated rings. The molecule has 0 aromatic heterocycles. The highest BCUT2D eigenvalue weighted by molar-refractivity contribution is 7.89. The second kappa shape index (κ2) is 6.85. The third-order valence-electron chi connectivity index (χ3n) is 3.67. The Morgan fingerprint density at radius 3 is 2.24 bits per heavy atom. The van der Waals surface area contributed by atoms with Crippen molar-refractivity contribution >= 4 is 27.2 Å². The van der Waals surface area contributed by atoms with Gasteiger partial charge in [-0.05, 0) is 29.0 Å². The van der Waals surface area contributed by atoms with Crippen molar-refractivity contribution in [3.8, 4) is 0 Å². The van der Waals surface area contributed by atoms with Crippen molar-refractivity contribution in [2.75, 3.05) is 6.54 Å². The van der Waals surface area contributed by atoms with Gasteiger partial charge >= 0.3 is 0 Å². The molecule has 1 unspecified atom stereocenters. The summed E-state index contributed by atoms with van der Waals surface area (Å²) in [5.41, 5.74) is 6.44. The molecule has 0 spiro atoms. The van der Waals surface area contributed by atoms with Gasteiger partial charge in [0, 0.05) is 13.0 Å². The Kier molecular flexibility index (Phi) is 5.90. The Labute approximate surface area is 133 Å². The molecular formula is C15H24N2O2S2. The summed E-state index contributed by atoms with van der Waals surface area (Å²) >= 11 is 4.84. The largest absolute Gasteiger partial charge is 0.393 e. The molecule has 0 aliphatic carbocycles. The van der Waals surface area contributed by atoms with E-state index in [9.17, 15) is 8.42 Å². The molecule has 1 aromatic rings. The summed E-state index contributed by atoms with van der Waals surface area (Å²) < 4.78 is 27.1. The van der Waals surface area contributed by atoms with E-state index in [1.165, 1.54) is 0 Å². The second-order valence-electron chi connectivity index (χ2n) is 6.41. The molecule has 0 heterocycles. The average Bonchev–Trinajstić information content (AvgIpc) is 2.34. The summed E-state index contributed by atoms with van der Waals surface area (Å²) in [6.45, 7) is 8.73. The fourth-order valence-electron chi connectivity index (χ4n) is 1.61. The van der Waals surface area contributed by atoms with Gasteiger partial charge < -0.3 is 5.73 Å². The second-order valence-corrected chi connectivity index (χ2v) is 8.70. The van der Waals surface area contributed by atoms with E-state index in [0.717, 1.165) is 5.56 Å². The molecule has 3 N–H and O–H groups in total. The fourth-order valence-corrected chi connectivity index (χ4v) is 2.91. The molecule has 1 aromatic carbocycles. The molecule has 0 radical (unpaired) electrons. The number of sulfonamides is 1. The van der Waals surface area contributed by atoms with E-state index < -0.39 is 10.0 Å². The maximum Gasteiger partial charge on any atom is 0.240 e. The van der Waals surface area contributed by atoms with Crippen LogP contribution in [0.4, 0.5) is 0 Å². The van der Waals surface area contributed by atoms with Crippen LogP contribution in [0.3, 0.4) is 0 Å². The molecule has 4 nitrogen and oxygen atoms in total. The van der Waals surface area contributed by atoms with Crippen LogP contribution < -0.4 is 10.5 Å². The highest BCUT2D eigenvalue weighted by atomic mass is 32.2. The minimum absolute atomic E-state index is 0.0587. The van der Waals surface area contributed by atoms with Gasteiger partial charge in [0.1, 0.15) is 0 Å². The number of nitrogens with one attached hydrogen (secondary N) is 1. The number of rotatable bonds is 6. The number of hydrogen-bond acceptors (Lipinski definition) is 3. The lowest BCUT2D eigenvalue weighted by Crippen LogP contribution is -2.33. The third kappa shape index (κ3) is 5.73. The summed E-state index contributed by atoms with van der Waals surface area (Å²) in [7, 11) is -3.47. The van der Waals surface area contributed by atoms with Gasteiger partial charge in [-0.3, -0.25) is 0 Å². The van der Waals surface area contributed by atoms with Crippen molar-refractivity contribution in [2.24, 2.45) is 17.1 Å². The van der Waals surface area contributed by atoms with Crippen molar-refractivity contribution in [1.82, 2.24) is 4.72 Å². The number of thiocarbonyl (C=S) groups is 1. The molecule has 1 rings (SSSR count). The van der Waals surface area contributed by atoms with Gasteiger partial charge in [-0.25, -0.2) is 13.1 Å². The Morgan fingerprint density at radius 1 is 1.29 bits per heavy atom. The lowest BCUT2D eigenvalue weighted by Gasteiger charge is -2.27. The van der Waals surface area contributed by atoms with Crippen LogP contribution in [0.1, 0.15) is 33.3 Å².